The Morgan fingerprint density at radius 3 is 2.46 bits per heavy atom. The molecule has 7 nitrogen and oxygen atoms in total. The Labute approximate surface area is 200 Å². The molecular formula is C25H24F3N5O2. The highest BCUT2D eigenvalue weighted by molar-refractivity contribution is 5.94. The molecule has 2 aliphatic heterocycles. The van der Waals surface area contributed by atoms with Gasteiger partial charge in [0, 0.05) is 51.3 Å². The number of piperazine rings is 1. The first-order chi connectivity index (χ1) is 16.9. The molecule has 1 aromatic heterocycles. The van der Waals surface area contributed by atoms with E-state index in [0.717, 1.165) is 44.0 Å². The average Bonchev–Trinajstić information content (AvgIpc) is 2.84. The van der Waals surface area contributed by atoms with Crippen LogP contribution in [-0.2, 0) is 13.0 Å². The maximum atomic E-state index is 14.3. The summed E-state index contributed by atoms with van der Waals surface area (Å²) >= 11 is 0. The molecule has 1 saturated heterocycles. The van der Waals surface area contributed by atoms with Crippen molar-refractivity contribution in [2.75, 3.05) is 44.7 Å². The second-order valence-corrected chi connectivity index (χ2v) is 8.70. The highest BCUT2D eigenvalue weighted by atomic mass is 19.1. The number of anilines is 1. The average molecular weight is 483 g/mol. The van der Waals surface area contributed by atoms with Gasteiger partial charge in [0.1, 0.15) is 23.2 Å². The molecule has 1 amide bonds. The molecule has 3 aromatic rings. The van der Waals surface area contributed by atoms with Gasteiger partial charge >= 0.3 is 0 Å². The monoisotopic (exact) mass is 483 g/mol. The lowest BCUT2D eigenvalue weighted by Crippen LogP contribution is -2.45. The van der Waals surface area contributed by atoms with Crippen molar-refractivity contribution in [1.29, 1.82) is 0 Å². The normalized spacial score (nSPS) is 16.2. The molecule has 0 saturated carbocycles. The quantitative estimate of drug-likeness (QED) is 0.565. The molecule has 2 aliphatic rings. The van der Waals surface area contributed by atoms with Crippen molar-refractivity contribution in [2.45, 2.75) is 13.0 Å². The minimum absolute atomic E-state index is 0.0820. The van der Waals surface area contributed by atoms with Gasteiger partial charge in [-0.15, -0.1) is 0 Å². The highest BCUT2D eigenvalue weighted by Crippen LogP contribution is 2.32. The van der Waals surface area contributed by atoms with Gasteiger partial charge in [0.2, 0.25) is 11.8 Å². The van der Waals surface area contributed by atoms with Crippen LogP contribution in [0.5, 0.6) is 11.6 Å². The molecule has 5 rings (SSSR count). The Hall–Kier alpha value is -3.66. The summed E-state index contributed by atoms with van der Waals surface area (Å²) in [7, 11) is 2.05. The Morgan fingerprint density at radius 2 is 1.71 bits per heavy atom. The van der Waals surface area contributed by atoms with Gasteiger partial charge in [-0.25, -0.2) is 18.2 Å². The maximum Gasteiger partial charge on any atom is 0.257 e. The van der Waals surface area contributed by atoms with Crippen LogP contribution < -0.4 is 9.64 Å². The third kappa shape index (κ3) is 4.93. The zero-order chi connectivity index (χ0) is 24.5. The molecular weight excluding hydrogens is 459 g/mol. The predicted octanol–water partition coefficient (Wildman–Crippen LogP) is 3.64. The van der Waals surface area contributed by atoms with E-state index >= 15 is 0 Å². The van der Waals surface area contributed by atoms with E-state index in [2.05, 4.69) is 21.8 Å². The summed E-state index contributed by atoms with van der Waals surface area (Å²) in [6.07, 6.45) is 0.409. The number of aromatic nitrogens is 2. The Balaban J connectivity index is 1.48. The van der Waals surface area contributed by atoms with Crippen LogP contribution in [0.3, 0.4) is 0 Å². The second-order valence-electron chi connectivity index (χ2n) is 8.70. The van der Waals surface area contributed by atoms with Crippen molar-refractivity contribution in [3.8, 4) is 11.6 Å². The lowest BCUT2D eigenvalue weighted by Gasteiger charge is -2.34. The van der Waals surface area contributed by atoms with Crippen molar-refractivity contribution in [3.63, 3.8) is 0 Å². The fraction of sp³-hybridized carbons (Fsp3) is 0.320. The molecule has 0 bridgehead atoms. The minimum atomic E-state index is -0.918. The zero-order valence-corrected chi connectivity index (χ0v) is 19.2. The lowest BCUT2D eigenvalue weighted by atomic mass is 10.0. The van der Waals surface area contributed by atoms with Gasteiger partial charge in [-0.05, 0) is 31.3 Å². The van der Waals surface area contributed by atoms with E-state index in [0.29, 0.717) is 30.5 Å². The number of amides is 1. The Kier molecular flexibility index (Phi) is 6.29. The molecule has 182 valence electrons. The first-order valence-corrected chi connectivity index (χ1v) is 11.4. The first kappa shape index (κ1) is 23.1. The van der Waals surface area contributed by atoms with Gasteiger partial charge in [-0.3, -0.25) is 4.79 Å². The van der Waals surface area contributed by atoms with E-state index < -0.39 is 23.4 Å². The Bertz CT molecular complexity index is 1260. The van der Waals surface area contributed by atoms with E-state index in [1.807, 2.05) is 0 Å². The lowest BCUT2D eigenvalue weighted by molar-refractivity contribution is 0.0727. The molecule has 0 N–H and O–H groups in total. The number of carbonyl (C=O) groups excluding carboxylic acids is 1. The van der Waals surface area contributed by atoms with E-state index in [1.165, 1.54) is 23.1 Å². The molecule has 0 unspecified atom stereocenters. The standard InChI is InChI=1S/C25H24F3N5O2/c1-31-9-11-32(12-10-31)25-29-22-7-8-33(24(34)19-6-5-17(27)14-21(19)28)15-20(22)23(30-25)35-18-4-2-3-16(26)13-18/h2-6,13-14H,7-12,15H2,1H3. The van der Waals surface area contributed by atoms with Crippen LogP contribution >= 0.6 is 0 Å². The number of fused-ring (bicyclic) bond motifs is 1. The number of ether oxygens (including phenoxy) is 1. The molecule has 10 heteroatoms. The molecule has 0 aliphatic carbocycles. The summed E-state index contributed by atoms with van der Waals surface area (Å²) in [5, 5.41) is 0. The number of rotatable bonds is 4. The van der Waals surface area contributed by atoms with Crippen molar-refractivity contribution >= 4 is 11.9 Å². The number of likely N-dealkylation sites (N-methyl/N-ethyl adjacent to an activating group) is 1. The summed E-state index contributed by atoms with van der Waals surface area (Å²) in [5.74, 6) is -1.67. The van der Waals surface area contributed by atoms with E-state index in [-0.39, 0.29) is 23.7 Å². The van der Waals surface area contributed by atoms with Crippen LogP contribution in [0, 0.1) is 17.5 Å². The molecule has 2 aromatic carbocycles. The van der Waals surface area contributed by atoms with Crippen LogP contribution in [0.2, 0.25) is 0 Å². The number of nitrogens with zero attached hydrogens (tertiary/aromatic N) is 5. The molecule has 0 spiro atoms. The fourth-order valence-corrected chi connectivity index (χ4v) is 4.25. The Morgan fingerprint density at radius 1 is 0.943 bits per heavy atom. The van der Waals surface area contributed by atoms with Crippen molar-refractivity contribution in [2.24, 2.45) is 0 Å². The van der Waals surface area contributed by atoms with Crippen LogP contribution in [0.1, 0.15) is 21.6 Å². The predicted molar refractivity (Wildman–Crippen MR) is 123 cm³/mol. The largest absolute Gasteiger partial charge is 0.438 e. The van der Waals surface area contributed by atoms with Gasteiger partial charge in [0.25, 0.3) is 5.91 Å². The molecule has 0 radical (unpaired) electrons. The molecule has 3 heterocycles. The van der Waals surface area contributed by atoms with E-state index in [9.17, 15) is 18.0 Å². The molecule has 0 atom stereocenters. The number of halogens is 3. The van der Waals surface area contributed by atoms with Crippen molar-refractivity contribution < 1.29 is 22.7 Å². The van der Waals surface area contributed by atoms with Gasteiger partial charge in [0.15, 0.2) is 0 Å². The summed E-state index contributed by atoms with van der Waals surface area (Å²) < 4.78 is 47.4. The van der Waals surface area contributed by atoms with E-state index in [4.69, 9.17) is 9.72 Å². The fourth-order valence-electron chi connectivity index (χ4n) is 4.25. The van der Waals surface area contributed by atoms with Crippen molar-refractivity contribution in [3.05, 3.63) is 76.7 Å². The van der Waals surface area contributed by atoms with Gasteiger partial charge in [0.05, 0.1) is 23.4 Å². The summed E-state index contributed by atoms with van der Waals surface area (Å²) in [6, 6.07) is 8.60. The topological polar surface area (TPSA) is 61.8 Å². The van der Waals surface area contributed by atoms with Gasteiger partial charge < -0.3 is 19.4 Å². The third-order valence-electron chi connectivity index (χ3n) is 6.26. The first-order valence-electron chi connectivity index (χ1n) is 11.4. The van der Waals surface area contributed by atoms with Crippen molar-refractivity contribution in [1.82, 2.24) is 19.8 Å². The SMILES string of the molecule is CN1CCN(c2nc3c(c(Oc4cccc(F)c4)n2)CN(C(=O)c2ccc(F)cc2F)CC3)CC1. The summed E-state index contributed by atoms with van der Waals surface area (Å²) in [4.78, 5) is 28.2. The molecule has 35 heavy (non-hydrogen) atoms. The van der Waals surface area contributed by atoms with Crippen LogP contribution in [0.25, 0.3) is 0 Å². The number of benzene rings is 2. The molecule has 1 fully saturated rings. The number of hydrogen-bond donors (Lipinski definition) is 0. The summed E-state index contributed by atoms with van der Waals surface area (Å²) in [6.45, 7) is 3.63. The minimum Gasteiger partial charge on any atom is -0.438 e. The van der Waals surface area contributed by atoms with Gasteiger partial charge in [-0.1, -0.05) is 6.07 Å². The van der Waals surface area contributed by atoms with E-state index in [1.54, 1.807) is 6.07 Å². The highest BCUT2D eigenvalue weighted by Gasteiger charge is 2.30. The van der Waals surface area contributed by atoms with Gasteiger partial charge in [-0.2, -0.15) is 4.98 Å². The van der Waals surface area contributed by atoms with Crippen LogP contribution in [-0.4, -0.2) is 65.4 Å². The third-order valence-corrected chi connectivity index (χ3v) is 6.26. The maximum absolute atomic E-state index is 14.3. The summed E-state index contributed by atoms with van der Waals surface area (Å²) in [5.41, 5.74) is 1.09. The van der Waals surface area contributed by atoms with Crippen LogP contribution in [0.15, 0.2) is 42.5 Å². The smallest absolute Gasteiger partial charge is 0.257 e. The van der Waals surface area contributed by atoms with Crippen LogP contribution in [0.4, 0.5) is 19.1 Å². The zero-order valence-electron chi connectivity index (χ0n) is 19.2. The number of hydrogen-bond acceptors (Lipinski definition) is 6. The number of carbonyl (C=O) groups is 1. The second kappa shape index (κ2) is 9.53.